The second-order valence-corrected chi connectivity index (χ2v) is 13.0. The van der Waals surface area contributed by atoms with Crippen LogP contribution in [-0.4, -0.2) is 65.7 Å². The van der Waals surface area contributed by atoms with Crippen molar-refractivity contribution in [3.8, 4) is 0 Å². The van der Waals surface area contributed by atoms with E-state index < -0.39 is 51.8 Å². The number of esters is 2. The molecular formula is C32H63O10P. The van der Waals surface area contributed by atoms with Gasteiger partial charge in [0, 0.05) is 12.8 Å². The highest BCUT2D eigenvalue weighted by Gasteiger charge is 2.27. The third-order valence-corrected chi connectivity index (χ3v) is 8.27. The Kier molecular flexibility index (Phi) is 29.0. The Bertz CT molecular complexity index is 706. The van der Waals surface area contributed by atoms with Gasteiger partial charge in [-0.2, -0.15) is 0 Å². The standard InChI is InChI=1S/C32H63O10P/c1-3-5-6-7-8-9-10-11-12-13-14-15-16-17-18-19-20-21-22-23-24-32(36)42-30(27-39-31(35)4-2)28-41-43(37,38)40-26-29(34)25-33/h29-30,33-34H,3-28H2,1-2H3,(H,37,38). The van der Waals surface area contributed by atoms with Gasteiger partial charge in [0.1, 0.15) is 12.7 Å². The van der Waals surface area contributed by atoms with Gasteiger partial charge in [-0.3, -0.25) is 18.6 Å². The smallest absolute Gasteiger partial charge is 0.462 e. The van der Waals surface area contributed by atoms with Crippen molar-refractivity contribution in [2.45, 2.75) is 167 Å². The third kappa shape index (κ3) is 29.4. The molecule has 3 N–H and O–H groups in total. The lowest BCUT2D eigenvalue weighted by atomic mass is 10.0. The molecule has 3 atom stereocenters. The number of carbonyl (C=O) groups is 2. The Morgan fingerprint density at radius 2 is 1.05 bits per heavy atom. The molecule has 0 aromatic heterocycles. The lowest BCUT2D eigenvalue weighted by Gasteiger charge is -2.20. The van der Waals surface area contributed by atoms with Crippen LogP contribution in [0.4, 0.5) is 0 Å². The number of phosphoric acid groups is 1. The quantitative estimate of drug-likeness (QED) is 0.0383. The zero-order chi connectivity index (χ0) is 32.0. The van der Waals surface area contributed by atoms with Gasteiger partial charge in [-0.15, -0.1) is 0 Å². The van der Waals surface area contributed by atoms with E-state index in [2.05, 4.69) is 11.4 Å². The number of aliphatic hydroxyl groups is 2. The first-order valence-corrected chi connectivity index (χ1v) is 18.5. The average Bonchev–Trinajstić information content (AvgIpc) is 3.00. The summed E-state index contributed by atoms with van der Waals surface area (Å²) in [5, 5.41) is 18.0. The van der Waals surface area contributed by atoms with Crippen LogP contribution < -0.4 is 0 Å². The molecule has 0 aromatic rings. The van der Waals surface area contributed by atoms with E-state index in [4.69, 9.17) is 19.1 Å². The molecule has 0 rings (SSSR count). The summed E-state index contributed by atoms with van der Waals surface area (Å²) < 4.78 is 31.7. The summed E-state index contributed by atoms with van der Waals surface area (Å²) >= 11 is 0. The molecule has 43 heavy (non-hydrogen) atoms. The molecule has 0 spiro atoms. The molecule has 0 radical (unpaired) electrons. The van der Waals surface area contributed by atoms with Crippen molar-refractivity contribution in [1.82, 2.24) is 0 Å². The van der Waals surface area contributed by atoms with Gasteiger partial charge >= 0.3 is 19.8 Å². The van der Waals surface area contributed by atoms with Gasteiger partial charge in [0.05, 0.1) is 19.8 Å². The number of hydrogen-bond acceptors (Lipinski definition) is 9. The Balaban J connectivity index is 3.85. The van der Waals surface area contributed by atoms with E-state index >= 15 is 0 Å². The van der Waals surface area contributed by atoms with E-state index in [0.717, 1.165) is 19.3 Å². The Hall–Kier alpha value is -1.03. The van der Waals surface area contributed by atoms with E-state index in [1.54, 1.807) is 6.92 Å². The van der Waals surface area contributed by atoms with Gasteiger partial charge in [-0.1, -0.05) is 136 Å². The van der Waals surface area contributed by atoms with Gasteiger partial charge in [-0.05, 0) is 6.42 Å². The van der Waals surface area contributed by atoms with Crippen LogP contribution in [0.1, 0.15) is 155 Å². The van der Waals surface area contributed by atoms with Crippen molar-refractivity contribution in [3.63, 3.8) is 0 Å². The van der Waals surface area contributed by atoms with Crippen molar-refractivity contribution >= 4 is 19.8 Å². The Morgan fingerprint density at radius 1 is 0.628 bits per heavy atom. The van der Waals surface area contributed by atoms with Crippen LogP contribution in [0.25, 0.3) is 0 Å². The monoisotopic (exact) mass is 638 g/mol. The molecule has 0 saturated carbocycles. The van der Waals surface area contributed by atoms with E-state index in [0.29, 0.717) is 6.42 Å². The number of phosphoric ester groups is 1. The lowest BCUT2D eigenvalue weighted by Crippen LogP contribution is -2.29. The summed E-state index contributed by atoms with van der Waals surface area (Å²) in [6.07, 6.45) is 23.4. The summed E-state index contributed by atoms with van der Waals surface area (Å²) in [5.41, 5.74) is 0. The SMILES string of the molecule is CCCCCCCCCCCCCCCCCCCCCCC(=O)OC(COC(=O)CC)COP(=O)(O)OCC(O)CO. The molecule has 0 saturated heterocycles. The molecule has 0 aliphatic carbocycles. The van der Waals surface area contributed by atoms with Crippen molar-refractivity contribution in [2.24, 2.45) is 0 Å². The van der Waals surface area contributed by atoms with Gasteiger partial charge in [0.15, 0.2) is 6.10 Å². The maximum Gasteiger partial charge on any atom is 0.472 e. The highest BCUT2D eigenvalue weighted by Crippen LogP contribution is 2.43. The van der Waals surface area contributed by atoms with Crippen LogP contribution in [0.5, 0.6) is 0 Å². The van der Waals surface area contributed by atoms with E-state index in [-0.39, 0.29) is 19.4 Å². The highest BCUT2D eigenvalue weighted by molar-refractivity contribution is 7.47. The van der Waals surface area contributed by atoms with Crippen LogP contribution in [-0.2, 0) is 32.7 Å². The number of ether oxygens (including phenoxy) is 2. The van der Waals surface area contributed by atoms with Crippen LogP contribution in [0.3, 0.4) is 0 Å². The molecule has 0 fully saturated rings. The Morgan fingerprint density at radius 3 is 1.47 bits per heavy atom. The molecule has 0 aliphatic rings. The van der Waals surface area contributed by atoms with Crippen LogP contribution in [0.15, 0.2) is 0 Å². The van der Waals surface area contributed by atoms with E-state index in [1.807, 2.05) is 0 Å². The molecule has 0 heterocycles. The van der Waals surface area contributed by atoms with E-state index in [9.17, 15) is 24.2 Å². The minimum Gasteiger partial charge on any atom is -0.462 e. The molecule has 0 aliphatic heterocycles. The molecule has 256 valence electrons. The predicted octanol–water partition coefficient (Wildman–Crippen LogP) is 7.55. The number of rotatable bonds is 32. The minimum absolute atomic E-state index is 0.127. The first-order chi connectivity index (χ1) is 20.7. The topological polar surface area (TPSA) is 149 Å². The Labute approximate surface area is 261 Å². The fraction of sp³-hybridized carbons (Fsp3) is 0.938. The fourth-order valence-electron chi connectivity index (χ4n) is 4.62. The maximum absolute atomic E-state index is 12.3. The molecule has 10 nitrogen and oxygen atoms in total. The summed E-state index contributed by atoms with van der Waals surface area (Å²) in [6, 6.07) is 0. The van der Waals surface area contributed by atoms with Gasteiger partial charge < -0.3 is 24.6 Å². The highest BCUT2D eigenvalue weighted by atomic mass is 31.2. The van der Waals surface area contributed by atoms with Crippen LogP contribution >= 0.6 is 7.82 Å². The molecule has 0 aromatic carbocycles. The summed E-state index contributed by atoms with van der Waals surface area (Å²) in [5.74, 6) is -1.02. The van der Waals surface area contributed by atoms with Gasteiger partial charge in [0.2, 0.25) is 0 Å². The average molecular weight is 639 g/mol. The van der Waals surface area contributed by atoms with Crippen molar-refractivity contribution in [3.05, 3.63) is 0 Å². The van der Waals surface area contributed by atoms with Gasteiger partial charge in [-0.25, -0.2) is 4.57 Å². The first-order valence-electron chi connectivity index (χ1n) is 17.0. The first kappa shape index (κ1) is 42.0. The van der Waals surface area contributed by atoms with E-state index in [1.165, 1.54) is 103 Å². The lowest BCUT2D eigenvalue weighted by molar-refractivity contribution is -0.161. The predicted molar refractivity (Wildman–Crippen MR) is 169 cm³/mol. The number of hydrogen-bond donors (Lipinski definition) is 3. The molecule has 0 bridgehead atoms. The second kappa shape index (κ2) is 29.7. The van der Waals surface area contributed by atoms with Crippen molar-refractivity contribution in [1.29, 1.82) is 0 Å². The summed E-state index contributed by atoms with van der Waals surface area (Å²) in [7, 11) is -4.57. The maximum atomic E-state index is 12.3. The van der Waals surface area contributed by atoms with Crippen LogP contribution in [0.2, 0.25) is 0 Å². The molecule has 0 amide bonds. The summed E-state index contributed by atoms with van der Waals surface area (Å²) in [4.78, 5) is 33.5. The number of carbonyl (C=O) groups excluding carboxylic acids is 2. The molecule has 11 heteroatoms. The van der Waals surface area contributed by atoms with Gasteiger partial charge in [0.25, 0.3) is 0 Å². The molecule has 3 unspecified atom stereocenters. The second-order valence-electron chi connectivity index (χ2n) is 11.5. The summed E-state index contributed by atoms with van der Waals surface area (Å²) in [6.45, 7) is 1.76. The fourth-order valence-corrected chi connectivity index (χ4v) is 5.41. The zero-order valence-electron chi connectivity index (χ0n) is 27.2. The van der Waals surface area contributed by atoms with Crippen LogP contribution in [0, 0.1) is 0 Å². The number of unbranched alkanes of at least 4 members (excludes halogenated alkanes) is 19. The normalized spacial score (nSPS) is 14.3. The zero-order valence-corrected chi connectivity index (χ0v) is 28.1. The molecular weight excluding hydrogens is 575 g/mol. The third-order valence-electron chi connectivity index (χ3n) is 7.32. The minimum atomic E-state index is -4.57. The number of aliphatic hydroxyl groups excluding tert-OH is 2. The van der Waals surface area contributed by atoms with Crippen molar-refractivity contribution < 1.29 is 47.8 Å². The largest absolute Gasteiger partial charge is 0.472 e. The van der Waals surface area contributed by atoms with Crippen molar-refractivity contribution in [2.75, 3.05) is 26.4 Å².